The molecular formula is C28H40N7NaO17P3S. The maximum Gasteiger partial charge on any atom is 0.481 e. The molecule has 311 valence electrons. The molecule has 1 aromatic carbocycles. The largest absolute Gasteiger partial charge is 0.481 e. The van der Waals surface area contributed by atoms with Gasteiger partial charge in [0.15, 0.2) is 17.7 Å². The second-order valence-corrected chi connectivity index (χ2v) is 17.9. The van der Waals surface area contributed by atoms with Crippen molar-refractivity contribution in [1.29, 1.82) is 0 Å². The molecule has 0 aliphatic carbocycles. The number of nitrogens with zero attached hydrogens (tertiary/aromatic N) is 4. The Kier molecular flexibility index (Phi) is 18.0. The first-order valence-corrected chi connectivity index (χ1v) is 21.7. The van der Waals surface area contributed by atoms with E-state index < -0.39 is 84.6 Å². The van der Waals surface area contributed by atoms with Gasteiger partial charge in [0.05, 0.1) is 19.5 Å². The van der Waals surface area contributed by atoms with Crippen LogP contribution in [-0.4, -0.2) is 152 Å². The van der Waals surface area contributed by atoms with Crippen molar-refractivity contribution in [3.63, 3.8) is 0 Å². The fraction of sp³-hybridized carbons (Fsp3) is 0.500. The molecule has 1 aliphatic heterocycles. The first-order chi connectivity index (χ1) is 26.1. The van der Waals surface area contributed by atoms with Crippen LogP contribution in [0.25, 0.3) is 11.2 Å². The Morgan fingerprint density at radius 2 is 1.68 bits per heavy atom. The van der Waals surface area contributed by atoms with E-state index in [9.17, 15) is 57.9 Å². The summed E-state index contributed by atoms with van der Waals surface area (Å²) in [5.41, 5.74) is 4.78. The van der Waals surface area contributed by atoms with Crippen LogP contribution in [0.5, 0.6) is 0 Å². The fourth-order valence-corrected chi connectivity index (χ4v) is 8.45. The van der Waals surface area contributed by atoms with E-state index in [0.29, 0.717) is 11.3 Å². The molecule has 0 bridgehead atoms. The number of fused-ring (bicyclic) bond motifs is 1. The molecule has 3 heterocycles. The first-order valence-electron chi connectivity index (χ1n) is 16.2. The molecule has 0 spiro atoms. The Morgan fingerprint density at radius 3 is 2.35 bits per heavy atom. The van der Waals surface area contributed by atoms with Crippen molar-refractivity contribution >= 4 is 98.7 Å². The molecule has 3 aromatic rings. The summed E-state index contributed by atoms with van der Waals surface area (Å²) in [6.07, 6.45) is -6.94. The smallest absolute Gasteiger partial charge is 0.386 e. The van der Waals surface area contributed by atoms with Crippen LogP contribution in [0.1, 0.15) is 36.9 Å². The number of amides is 2. The third-order valence-electron chi connectivity index (χ3n) is 7.74. The van der Waals surface area contributed by atoms with E-state index >= 15 is 0 Å². The maximum absolute atomic E-state index is 12.7. The third-order valence-corrected chi connectivity index (χ3v) is 11.8. The second kappa shape index (κ2) is 20.8. The summed E-state index contributed by atoms with van der Waals surface area (Å²) < 4.78 is 62.1. The second-order valence-electron chi connectivity index (χ2n) is 12.6. The number of nitrogens with one attached hydrogen (secondary N) is 2. The zero-order valence-electron chi connectivity index (χ0n) is 30.5. The van der Waals surface area contributed by atoms with Crippen molar-refractivity contribution in [3.05, 3.63) is 48.5 Å². The van der Waals surface area contributed by atoms with Crippen molar-refractivity contribution in [2.75, 3.05) is 37.8 Å². The molecule has 10 N–H and O–H groups in total. The van der Waals surface area contributed by atoms with Gasteiger partial charge in [-0.2, -0.15) is 4.31 Å². The van der Waals surface area contributed by atoms with Crippen LogP contribution >= 0.6 is 35.2 Å². The first kappa shape index (κ1) is 49.1. The van der Waals surface area contributed by atoms with E-state index in [1.54, 1.807) is 30.3 Å². The van der Waals surface area contributed by atoms with Gasteiger partial charge in [0.25, 0.3) is 0 Å². The zero-order chi connectivity index (χ0) is 41.5. The van der Waals surface area contributed by atoms with Crippen LogP contribution in [0.3, 0.4) is 0 Å². The molecule has 1 fully saturated rings. The minimum atomic E-state index is -5.57. The molecule has 2 amide bonds. The number of phosphoric acid groups is 3. The van der Waals surface area contributed by atoms with Crippen molar-refractivity contribution in [2.24, 2.45) is 5.41 Å². The molecule has 7 atom stereocenters. The minimum absolute atomic E-state index is 0. The van der Waals surface area contributed by atoms with Gasteiger partial charge in [-0.1, -0.05) is 55.9 Å². The van der Waals surface area contributed by atoms with Gasteiger partial charge < -0.3 is 50.9 Å². The number of phosphoric ester groups is 3. The molecular weight excluding hydrogens is 854 g/mol. The summed E-state index contributed by atoms with van der Waals surface area (Å²) in [6.45, 7) is 0.448. The number of carbonyl (C=O) groups excluding carboxylic acids is 3. The summed E-state index contributed by atoms with van der Waals surface area (Å²) in [7, 11) is -16.4. The topological polar surface area (TPSA) is 364 Å². The third kappa shape index (κ3) is 14.5. The molecule has 2 aromatic heterocycles. The van der Waals surface area contributed by atoms with Crippen LogP contribution < -0.4 is 16.4 Å². The van der Waals surface area contributed by atoms with Crippen molar-refractivity contribution < 1.29 is 80.5 Å². The molecule has 0 saturated carbocycles. The number of rotatable bonds is 20. The van der Waals surface area contributed by atoms with E-state index in [2.05, 4.69) is 34.4 Å². The number of ether oxygens (including phenoxy) is 1. The number of anilines is 1. The predicted molar refractivity (Wildman–Crippen MR) is 199 cm³/mol. The van der Waals surface area contributed by atoms with Crippen LogP contribution in [0, 0.1) is 5.41 Å². The Morgan fingerprint density at radius 1 is 1.02 bits per heavy atom. The van der Waals surface area contributed by atoms with Crippen LogP contribution in [0.15, 0.2) is 43.0 Å². The number of thioether (sulfide) groups is 1. The Balaban J connectivity index is 0.00000870. The SMILES string of the molecule is CC(C)(COP(=O)(O)OP(=O)(O)OC[C@H]1O[C@@H](n2cnc3c(N)ncnc32)[C@H](O)[C@@H]1OP(=O)(O)O)[C@@H](O)C(=O)NCCC(=O)NCCSC(=O)c1ccccc1.[Na]. The van der Waals surface area contributed by atoms with Gasteiger partial charge in [-0.05, 0) is 0 Å². The van der Waals surface area contributed by atoms with Gasteiger partial charge in [0.1, 0.15) is 36.3 Å². The van der Waals surface area contributed by atoms with Gasteiger partial charge >= 0.3 is 23.5 Å². The molecule has 1 saturated heterocycles. The number of carbonyl (C=O) groups is 3. The number of imidazole rings is 1. The van der Waals surface area contributed by atoms with Gasteiger partial charge in [-0.15, -0.1) is 0 Å². The molecule has 29 heteroatoms. The summed E-state index contributed by atoms with van der Waals surface area (Å²) in [5, 5.41) is 26.2. The summed E-state index contributed by atoms with van der Waals surface area (Å²) in [5.74, 6) is -1.17. The molecule has 2 unspecified atom stereocenters. The van der Waals surface area contributed by atoms with E-state index in [1.165, 1.54) is 13.8 Å². The Bertz CT molecular complexity index is 2010. The molecule has 1 aliphatic rings. The average molecular weight is 895 g/mol. The number of nitrogen functional groups attached to an aromatic ring is 1. The number of aliphatic hydroxyl groups is 2. The molecule has 57 heavy (non-hydrogen) atoms. The van der Waals surface area contributed by atoms with Gasteiger partial charge in [-0.3, -0.25) is 32.5 Å². The number of benzene rings is 1. The van der Waals surface area contributed by atoms with Crippen molar-refractivity contribution in [2.45, 2.75) is 50.9 Å². The Hall–Kier alpha value is -2.22. The molecule has 24 nitrogen and oxygen atoms in total. The normalized spacial score (nSPS) is 21.2. The van der Waals surface area contributed by atoms with Crippen LogP contribution in [0.2, 0.25) is 0 Å². The monoisotopic (exact) mass is 894 g/mol. The minimum Gasteiger partial charge on any atom is -0.386 e. The van der Waals surface area contributed by atoms with Crippen LogP contribution in [0.4, 0.5) is 5.82 Å². The van der Waals surface area contributed by atoms with Crippen LogP contribution in [-0.2, 0) is 45.9 Å². The van der Waals surface area contributed by atoms with E-state index in [0.717, 1.165) is 29.0 Å². The zero-order valence-corrected chi connectivity index (χ0v) is 36.0. The summed E-state index contributed by atoms with van der Waals surface area (Å²) in [4.78, 5) is 87.7. The number of nitrogens with two attached hydrogens (primary N) is 1. The number of hydrogen-bond donors (Lipinski definition) is 9. The number of hydrogen-bond acceptors (Lipinski definition) is 18. The van der Waals surface area contributed by atoms with E-state index in [-0.39, 0.29) is 71.2 Å². The van der Waals surface area contributed by atoms with Gasteiger partial charge in [-0.25, -0.2) is 28.6 Å². The Labute approximate surface area is 350 Å². The predicted octanol–water partition coefficient (Wildman–Crippen LogP) is -0.402. The van der Waals surface area contributed by atoms with Gasteiger partial charge in [0, 0.05) is 65.8 Å². The standard InChI is InChI=1S/C28H40N7O17P3S.Na/c1-28(2,22(38)25(39)31-9-8-18(36)30-10-11-56-27(40)16-6-4-3-5-7-16)13-49-55(46,47)52-54(44,45)48-12-17-21(51-53(41,42)43)20(37)26(50-17)35-15-34-19-23(29)32-14-33-24(19)35;/h3-7,14-15,17,20-22,26,37-38H,8-13H2,1-2H3,(H,30,36)(H,31,39)(H,44,45)(H,46,47)(H2,29,32,33)(H2,41,42,43);/t17-,20-,21-,22+,26-;/m1./s1. The quantitative estimate of drug-likeness (QED) is 0.0396. The molecule has 4 rings (SSSR count). The fourth-order valence-electron chi connectivity index (χ4n) is 4.93. The maximum atomic E-state index is 12.7. The summed E-state index contributed by atoms with van der Waals surface area (Å²) >= 11 is 1.02. The summed E-state index contributed by atoms with van der Waals surface area (Å²) in [6, 6.07) is 8.58. The van der Waals surface area contributed by atoms with Crippen molar-refractivity contribution in [3.8, 4) is 0 Å². The van der Waals surface area contributed by atoms with E-state index in [4.69, 9.17) is 19.5 Å². The average Bonchev–Trinajstić information content (AvgIpc) is 3.68. The number of aromatic nitrogens is 4. The molecule has 1 radical (unpaired) electrons. The van der Waals surface area contributed by atoms with Gasteiger partial charge in [0.2, 0.25) is 16.9 Å². The van der Waals surface area contributed by atoms with Crippen molar-refractivity contribution in [1.82, 2.24) is 30.2 Å². The van der Waals surface area contributed by atoms with E-state index in [1.807, 2.05) is 0 Å². The number of aliphatic hydroxyl groups excluding tert-OH is 2.